The highest BCUT2D eigenvalue weighted by Gasteiger charge is 2.32. The predicted octanol–water partition coefficient (Wildman–Crippen LogP) is 1.20. The molecule has 2 rings (SSSR count). The normalized spacial score (nSPS) is 17.6. The van der Waals surface area contributed by atoms with Crippen LogP contribution in [-0.4, -0.2) is 51.8 Å². The molecule has 0 bridgehead atoms. The number of aromatic nitrogens is 2. The lowest BCUT2D eigenvalue weighted by Gasteiger charge is -2.28. The summed E-state index contributed by atoms with van der Waals surface area (Å²) in [6.45, 7) is 4.54. The molecule has 20 heavy (non-hydrogen) atoms. The van der Waals surface area contributed by atoms with Crippen molar-refractivity contribution in [1.82, 2.24) is 15.1 Å². The van der Waals surface area contributed by atoms with E-state index >= 15 is 0 Å². The van der Waals surface area contributed by atoms with E-state index in [9.17, 15) is 9.90 Å². The second-order valence-electron chi connectivity index (χ2n) is 5.96. The molecule has 6 heteroatoms. The largest absolute Gasteiger partial charge is 0.389 e. The molecular formula is C14H24N4O2. The number of aromatic amines is 1. The van der Waals surface area contributed by atoms with Gasteiger partial charge in [0, 0.05) is 6.54 Å². The standard InChI is InChI=1S/C14H24N4O2/c1-10-13(11(2)17-16-10)15-12(19)8-18(3)9-14(20)6-4-5-7-14/h20H,4-9H2,1-3H3,(H,15,19)(H,16,17). The van der Waals surface area contributed by atoms with Crippen molar-refractivity contribution in [1.29, 1.82) is 0 Å². The van der Waals surface area contributed by atoms with Crippen molar-refractivity contribution in [2.24, 2.45) is 0 Å². The summed E-state index contributed by atoms with van der Waals surface area (Å²) in [4.78, 5) is 13.9. The Labute approximate surface area is 119 Å². The van der Waals surface area contributed by atoms with Gasteiger partial charge in [-0.1, -0.05) is 12.8 Å². The van der Waals surface area contributed by atoms with Gasteiger partial charge in [0.05, 0.1) is 29.2 Å². The fourth-order valence-corrected chi connectivity index (χ4v) is 2.91. The van der Waals surface area contributed by atoms with Gasteiger partial charge in [0.25, 0.3) is 0 Å². The number of likely N-dealkylation sites (N-methyl/N-ethyl adjacent to an activating group) is 1. The number of H-pyrrole nitrogens is 1. The van der Waals surface area contributed by atoms with Gasteiger partial charge in [-0.3, -0.25) is 14.8 Å². The van der Waals surface area contributed by atoms with Gasteiger partial charge in [0.15, 0.2) is 0 Å². The predicted molar refractivity (Wildman–Crippen MR) is 77.6 cm³/mol. The highest BCUT2D eigenvalue weighted by atomic mass is 16.3. The number of rotatable bonds is 5. The number of nitrogens with zero attached hydrogens (tertiary/aromatic N) is 2. The monoisotopic (exact) mass is 280 g/mol. The van der Waals surface area contributed by atoms with E-state index in [-0.39, 0.29) is 12.5 Å². The summed E-state index contributed by atoms with van der Waals surface area (Å²) in [7, 11) is 1.87. The van der Waals surface area contributed by atoms with Gasteiger partial charge >= 0.3 is 0 Å². The van der Waals surface area contributed by atoms with Crippen LogP contribution in [0.25, 0.3) is 0 Å². The Kier molecular flexibility index (Phi) is 4.45. The van der Waals surface area contributed by atoms with E-state index < -0.39 is 5.60 Å². The lowest BCUT2D eigenvalue weighted by molar-refractivity contribution is -0.117. The minimum Gasteiger partial charge on any atom is -0.389 e. The first-order chi connectivity index (χ1) is 9.39. The lowest BCUT2D eigenvalue weighted by Crippen LogP contribution is -2.42. The summed E-state index contributed by atoms with van der Waals surface area (Å²) >= 11 is 0. The number of aryl methyl sites for hydroxylation is 2. The molecule has 0 atom stereocenters. The fourth-order valence-electron chi connectivity index (χ4n) is 2.91. The molecule has 0 unspecified atom stereocenters. The van der Waals surface area contributed by atoms with Gasteiger partial charge in [0.1, 0.15) is 0 Å². The van der Waals surface area contributed by atoms with Crippen LogP contribution in [0.15, 0.2) is 0 Å². The van der Waals surface area contributed by atoms with E-state index in [0.29, 0.717) is 6.54 Å². The lowest BCUT2D eigenvalue weighted by atomic mass is 10.0. The molecule has 1 saturated carbocycles. The van der Waals surface area contributed by atoms with E-state index in [1.165, 1.54) is 0 Å². The molecule has 0 aromatic carbocycles. The van der Waals surface area contributed by atoms with Crippen molar-refractivity contribution in [3.63, 3.8) is 0 Å². The third kappa shape index (κ3) is 3.58. The number of hydrogen-bond donors (Lipinski definition) is 3. The van der Waals surface area contributed by atoms with Crippen LogP contribution < -0.4 is 5.32 Å². The fraction of sp³-hybridized carbons (Fsp3) is 0.714. The van der Waals surface area contributed by atoms with Crippen molar-refractivity contribution in [2.75, 3.05) is 25.5 Å². The molecule has 0 spiro atoms. The van der Waals surface area contributed by atoms with Crippen LogP contribution >= 0.6 is 0 Å². The number of amides is 1. The average molecular weight is 280 g/mol. The third-order valence-corrected chi connectivity index (χ3v) is 3.90. The molecule has 1 aromatic heterocycles. The van der Waals surface area contributed by atoms with Gasteiger partial charge in [-0.05, 0) is 33.7 Å². The van der Waals surface area contributed by atoms with Crippen LogP contribution in [0.1, 0.15) is 37.1 Å². The van der Waals surface area contributed by atoms with Crippen LogP contribution in [0, 0.1) is 13.8 Å². The smallest absolute Gasteiger partial charge is 0.238 e. The van der Waals surface area contributed by atoms with Crippen molar-refractivity contribution in [3.8, 4) is 0 Å². The molecular weight excluding hydrogens is 256 g/mol. The zero-order valence-corrected chi connectivity index (χ0v) is 12.5. The Morgan fingerprint density at radius 2 is 2.10 bits per heavy atom. The molecule has 1 aliphatic carbocycles. The van der Waals surface area contributed by atoms with Gasteiger partial charge in [-0.25, -0.2) is 0 Å². The van der Waals surface area contributed by atoms with Gasteiger partial charge in [-0.2, -0.15) is 5.10 Å². The third-order valence-electron chi connectivity index (χ3n) is 3.90. The molecule has 0 aliphatic heterocycles. The van der Waals surface area contributed by atoms with E-state index in [1.54, 1.807) is 0 Å². The maximum absolute atomic E-state index is 12.0. The van der Waals surface area contributed by atoms with Crippen LogP contribution in [0.4, 0.5) is 5.69 Å². The Balaban J connectivity index is 1.85. The Hall–Kier alpha value is -1.40. The van der Waals surface area contributed by atoms with Crippen LogP contribution in [-0.2, 0) is 4.79 Å². The van der Waals surface area contributed by atoms with Crippen LogP contribution in [0.5, 0.6) is 0 Å². The highest BCUT2D eigenvalue weighted by molar-refractivity contribution is 5.93. The number of carbonyl (C=O) groups is 1. The average Bonchev–Trinajstić information content (AvgIpc) is 2.90. The Bertz CT molecular complexity index is 458. The molecule has 1 heterocycles. The van der Waals surface area contributed by atoms with E-state index in [0.717, 1.165) is 42.8 Å². The van der Waals surface area contributed by atoms with Crippen molar-refractivity contribution in [2.45, 2.75) is 45.1 Å². The summed E-state index contributed by atoms with van der Waals surface area (Å²) < 4.78 is 0. The maximum atomic E-state index is 12.0. The molecule has 3 N–H and O–H groups in total. The second-order valence-corrected chi connectivity index (χ2v) is 5.96. The number of aliphatic hydroxyl groups is 1. The topological polar surface area (TPSA) is 81.2 Å². The zero-order chi connectivity index (χ0) is 14.8. The van der Waals surface area contributed by atoms with E-state index in [4.69, 9.17) is 0 Å². The summed E-state index contributed by atoms with van der Waals surface area (Å²) in [5.41, 5.74) is 1.78. The first-order valence-electron chi connectivity index (χ1n) is 7.12. The second kappa shape index (κ2) is 5.93. The minimum absolute atomic E-state index is 0.0818. The Morgan fingerprint density at radius 1 is 1.45 bits per heavy atom. The number of hydrogen-bond acceptors (Lipinski definition) is 4. The summed E-state index contributed by atoms with van der Waals surface area (Å²) in [6, 6.07) is 0. The molecule has 1 aromatic rings. The molecule has 0 radical (unpaired) electrons. The van der Waals surface area contributed by atoms with Crippen LogP contribution in [0.2, 0.25) is 0 Å². The number of anilines is 1. The van der Waals surface area contributed by atoms with Gasteiger partial charge in [0.2, 0.25) is 5.91 Å². The molecule has 112 valence electrons. The molecule has 0 saturated heterocycles. The van der Waals surface area contributed by atoms with Crippen molar-refractivity contribution < 1.29 is 9.90 Å². The van der Waals surface area contributed by atoms with E-state index in [2.05, 4.69) is 15.5 Å². The minimum atomic E-state index is -0.615. The molecule has 1 aliphatic rings. The van der Waals surface area contributed by atoms with Gasteiger partial charge < -0.3 is 10.4 Å². The first-order valence-corrected chi connectivity index (χ1v) is 7.12. The summed E-state index contributed by atoms with van der Waals surface area (Å²) in [5, 5.41) is 20.1. The molecule has 6 nitrogen and oxygen atoms in total. The summed E-state index contributed by atoms with van der Waals surface area (Å²) in [6.07, 6.45) is 3.81. The Morgan fingerprint density at radius 3 is 2.65 bits per heavy atom. The van der Waals surface area contributed by atoms with E-state index in [1.807, 2.05) is 25.8 Å². The van der Waals surface area contributed by atoms with Crippen molar-refractivity contribution >= 4 is 11.6 Å². The number of nitrogens with one attached hydrogen (secondary N) is 2. The highest BCUT2D eigenvalue weighted by Crippen LogP contribution is 2.29. The summed E-state index contributed by atoms with van der Waals surface area (Å²) in [5.74, 6) is -0.0818. The first kappa shape index (κ1) is 15.0. The number of carbonyl (C=O) groups excluding carboxylic acids is 1. The zero-order valence-electron chi connectivity index (χ0n) is 12.5. The van der Waals surface area contributed by atoms with Crippen molar-refractivity contribution in [3.05, 3.63) is 11.4 Å². The maximum Gasteiger partial charge on any atom is 0.238 e. The van der Waals surface area contributed by atoms with Gasteiger partial charge in [-0.15, -0.1) is 0 Å². The molecule has 1 amide bonds. The van der Waals surface area contributed by atoms with Crippen LogP contribution in [0.3, 0.4) is 0 Å². The molecule has 1 fully saturated rings. The SMILES string of the molecule is Cc1n[nH]c(C)c1NC(=O)CN(C)CC1(O)CCCC1. The quantitative estimate of drug-likeness (QED) is 0.757.